The zero-order valence-electron chi connectivity index (χ0n) is 7.36. The Balaban J connectivity index is 3.31. The molecule has 2 unspecified atom stereocenters. The van der Waals surface area contributed by atoms with E-state index in [0.29, 0.717) is 5.92 Å². The molecule has 0 aromatic rings. The van der Waals surface area contributed by atoms with E-state index in [1.165, 1.54) is 19.3 Å². The third-order valence-electron chi connectivity index (χ3n) is 2.23. The molecule has 0 spiro atoms. The lowest BCUT2D eigenvalue weighted by molar-refractivity contribution is 0.384. The first-order valence-corrected chi connectivity index (χ1v) is 4.81. The molecule has 2 atom stereocenters. The Morgan fingerprint density at radius 3 is 2.20 bits per heavy atom. The SMILES string of the molecule is CCCCC(C)C(C)CCl. The summed E-state index contributed by atoms with van der Waals surface area (Å²) in [6.45, 7) is 6.76. The highest BCUT2D eigenvalue weighted by Crippen LogP contribution is 2.18. The van der Waals surface area contributed by atoms with E-state index in [4.69, 9.17) is 11.6 Å². The predicted molar refractivity (Wildman–Crippen MR) is 48.6 cm³/mol. The van der Waals surface area contributed by atoms with Crippen molar-refractivity contribution >= 4 is 11.6 Å². The lowest BCUT2D eigenvalue weighted by Crippen LogP contribution is -2.08. The average molecular weight is 163 g/mol. The topological polar surface area (TPSA) is 0 Å². The smallest absolute Gasteiger partial charge is 0.0251 e. The first-order chi connectivity index (χ1) is 4.72. The van der Waals surface area contributed by atoms with E-state index in [1.807, 2.05) is 0 Å². The molecule has 10 heavy (non-hydrogen) atoms. The summed E-state index contributed by atoms with van der Waals surface area (Å²) in [5.74, 6) is 2.30. The third-order valence-corrected chi connectivity index (χ3v) is 2.71. The van der Waals surface area contributed by atoms with Crippen LogP contribution in [0.3, 0.4) is 0 Å². The van der Waals surface area contributed by atoms with Crippen LogP contribution in [0.5, 0.6) is 0 Å². The molecule has 0 aliphatic rings. The second-order valence-corrected chi connectivity index (χ2v) is 3.56. The molecule has 0 nitrogen and oxygen atoms in total. The van der Waals surface area contributed by atoms with Gasteiger partial charge in [-0.3, -0.25) is 0 Å². The molecule has 0 fully saturated rings. The maximum absolute atomic E-state index is 5.73. The maximum atomic E-state index is 5.73. The lowest BCUT2D eigenvalue weighted by atomic mass is 9.93. The maximum Gasteiger partial charge on any atom is 0.0251 e. The Labute approximate surface area is 70.0 Å². The highest BCUT2D eigenvalue weighted by molar-refractivity contribution is 6.18. The normalized spacial score (nSPS) is 16.8. The average Bonchev–Trinajstić information content (AvgIpc) is 1.98. The summed E-state index contributed by atoms with van der Waals surface area (Å²) in [6.07, 6.45) is 3.99. The van der Waals surface area contributed by atoms with E-state index >= 15 is 0 Å². The summed E-state index contributed by atoms with van der Waals surface area (Å²) in [7, 11) is 0. The summed E-state index contributed by atoms with van der Waals surface area (Å²) in [4.78, 5) is 0. The van der Waals surface area contributed by atoms with Crippen LogP contribution in [0.1, 0.15) is 40.0 Å². The van der Waals surface area contributed by atoms with E-state index < -0.39 is 0 Å². The van der Waals surface area contributed by atoms with Gasteiger partial charge in [-0.15, -0.1) is 11.6 Å². The van der Waals surface area contributed by atoms with Gasteiger partial charge in [0.1, 0.15) is 0 Å². The monoisotopic (exact) mass is 162 g/mol. The van der Waals surface area contributed by atoms with Crippen molar-refractivity contribution in [3.8, 4) is 0 Å². The quantitative estimate of drug-likeness (QED) is 0.541. The third kappa shape index (κ3) is 4.16. The molecule has 0 amide bonds. The molecular formula is C9H19Cl. The molecule has 0 saturated heterocycles. The van der Waals surface area contributed by atoms with Gasteiger partial charge in [-0.2, -0.15) is 0 Å². The summed E-state index contributed by atoms with van der Waals surface area (Å²) in [6, 6.07) is 0. The van der Waals surface area contributed by atoms with Crippen molar-refractivity contribution in [2.75, 3.05) is 5.88 Å². The Hall–Kier alpha value is 0.290. The van der Waals surface area contributed by atoms with Gasteiger partial charge in [0, 0.05) is 5.88 Å². The number of halogens is 1. The van der Waals surface area contributed by atoms with Crippen LogP contribution in [0, 0.1) is 11.8 Å². The molecule has 1 heteroatoms. The fraction of sp³-hybridized carbons (Fsp3) is 1.00. The number of unbranched alkanes of at least 4 members (excludes halogenated alkanes) is 1. The van der Waals surface area contributed by atoms with Crippen molar-refractivity contribution in [2.24, 2.45) is 11.8 Å². The molecule has 0 aromatic heterocycles. The Kier molecular flexibility index (Phi) is 6.20. The molecule has 0 heterocycles. The molecule has 0 rings (SSSR count). The lowest BCUT2D eigenvalue weighted by Gasteiger charge is -2.16. The van der Waals surface area contributed by atoms with Gasteiger partial charge in [-0.25, -0.2) is 0 Å². The van der Waals surface area contributed by atoms with Gasteiger partial charge < -0.3 is 0 Å². The number of rotatable bonds is 5. The fourth-order valence-electron chi connectivity index (χ4n) is 0.963. The number of hydrogen-bond acceptors (Lipinski definition) is 0. The Bertz CT molecular complexity index is 71.1. The van der Waals surface area contributed by atoms with Crippen LogP contribution in [-0.4, -0.2) is 5.88 Å². The molecule has 0 aliphatic heterocycles. The summed E-state index contributed by atoms with van der Waals surface area (Å²) in [5.41, 5.74) is 0. The summed E-state index contributed by atoms with van der Waals surface area (Å²) in [5, 5.41) is 0. The van der Waals surface area contributed by atoms with Crippen molar-refractivity contribution in [1.82, 2.24) is 0 Å². The van der Waals surface area contributed by atoms with Crippen molar-refractivity contribution in [1.29, 1.82) is 0 Å². The number of alkyl halides is 1. The Morgan fingerprint density at radius 1 is 1.20 bits per heavy atom. The predicted octanol–water partition coefficient (Wildman–Crippen LogP) is 3.69. The molecule has 0 aromatic carbocycles. The van der Waals surface area contributed by atoms with Crippen LogP contribution in [-0.2, 0) is 0 Å². The van der Waals surface area contributed by atoms with Gasteiger partial charge in [-0.05, 0) is 11.8 Å². The van der Waals surface area contributed by atoms with Gasteiger partial charge in [-0.1, -0.05) is 40.0 Å². The summed E-state index contributed by atoms with van der Waals surface area (Å²) < 4.78 is 0. The van der Waals surface area contributed by atoms with Crippen LogP contribution in [0.2, 0.25) is 0 Å². The minimum Gasteiger partial charge on any atom is -0.126 e. The van der Waals surface area contributed by atoms with Crippen molar-refractivity contribution < 1.29 is 0 Å². The molecule has 62 valence electrons. The van der Waals surface area contributed by atoms with Gasteiger partial charge in [0.25, 0.3) is 0 Å². The highest BCUT2D eigenvalue weighted by atomic mass is 35.5. The van der Waals surface area contributed by atoms with E-state index in [-0.39, 0.29) is 0 Å². The van der Waals surface area contributed by atoms with E-state index in [9.17, 15) is 0 Å². The Morgan fingerprint density at radius 2 is 1.80 bits per heavy atom. The molecular weight excluding hydrogens is 144 g/mol. The van der Waals surface area contributed by atoms with Gasteiger partial charge in [0.05, 0.1) is 0 Å². The van der Waals surface area contributed by atoms with Gasteiger partial charge >= 0.3 is 0 Å². The van der Waals surface area contributed by atoms with Gasteiger partial charge in [0.15, 0.2) is 0 Å². The molecule has 0 aliphatic carbocycles. The first kappa shape index (κ1) is 10.3. The molecule has 0 saturated carbocycles. The van der Waals surface area contributed by atoms with Crippen LogP contribution in [0.25, 0.3) is 0 Å². The van der Waals surface area contributed by atoms with Crippen molar-refractivity contribution in [3.05, 3.63) is 0 Å². The minimum atomic E-state index is 0.688. The van der Waals surface area contributed by atoms with Gasteiger partial charge in [0.2, 0.25) is 0 Å². The van der Waals surface area contributed by atoms with Crippen molar-refractivity contribution in [2.45, 2.75) is 40.0 Å². The van der Waals surface area contributed by atoms with Crippen LogP contribution in [0.4, 0.5) is 0 Å². The van der Waals surface area contributed by atoms with E-state index in [1.54, 1.807) is 0 Å². The second kappa shape index (κ2) is 6.03. The highest BCUT2D eigenvalue weighted by Gasteiger charge is 2.09. The van der Waals surface area contributed by atoms with Crippen LogP contribution >= 0.6 is 11.6 Å². The zero-order valence-corrected chi connectivity index (χ0v) is 8.12. The zero-order chi connectivity index (χ0) is 7.98. The van der Waals surface area contributed by atoms with Crippen LogP contribution < -0.4 is 0 Å². The van der Waals surface area contributed by atoms with Crippen LogP contribution in [0.15, 0.2) is 0 Å². The van der Waals surface area contributed by atoms with Crippen molar-refractivity contribution in [3.63, 3.8) is 0 Å². The minimum absolute atomic E-state index is 0.688. The molecule has 0 radical (unpaired) electrons. The first-order valence-electron chi connectivity index (χ1n) is 4.28. The second-order valence-electron chi connectivity index (χ2n) is 3.25. The summed E-state index contributed by atoms with van der Waals surface area (Å²) >= 11 is 5.73. The molecule has 0 N–H and O–H groups in total. The van der Waals surface area contributed by atoms with E-state index in [2.05, 4.69) is 20.8 Å². The number of hydrogen-bond donors (Lipinski definition) is 0. The standard InChI is InChI=1S/C9H19Cl/c1-4-5-6-8(2)9(3)7-10/h8-9H,4-7H2,1-3H3. The molecule has 0 bridgehead atoms. The fourth-order valence-corrected chi connectivity index (χ4v) is 1.27. The van der Waals surface area contributed by atoms with E-state index in [0.717, 1.165) is 11.8 Å². The largest absolute Gasteiger partial charge is 0.126 e.